The molecule has 1 saturated heterocycles. The summed E-state index contributed by atoms with van der Waals surface area (Å²) in [6.07, 6.45) is -2.36. The van der Waals surface area contributed by atoms with Crippen molar-refractivity contribution in [2.24, 2.45) is 4.99 Å². The van der Waals surface area contributed by atoms with Crippen molar-refractivity contribution < 1.29 is 17.7 Å². The predicted octanol–water partition coefficient (Wildman–Crippen LogP) is 2.82. The van der Waals surface area contributed by atoms with Crippen LogP contribution in [0.5, 0.6) is 0 Å². The second-order valence-electron chi connectivity index (χ2n) is 6.85. The summed E-state index contributed by atoms with van der Waals surface area (Å²) in [5.74, 6) is 2.11. The van der Waals surface area contributed by atoms with Crippen LogP contribution in [0.2, 0.25) is 5.02 Å². The minimum absolute atomic E-state index is 0.0131. The van der Waals surface area contributed by atoms with E-state index in [1.54, 1.807) is 6.92 Å². The van der Waals surface area contributed by atoms with Crippen molar-refractivity contribution in [1.29, 1.82) is 0 Å². The maximum Gasteiger partial charge on any atom is 0.417 e. The highest BCUT2D eigenvalue weighted by Gasteiger charge is 2.33. The van der Waals surface area contributed by atoms with E-state index < -0.39 is 11.7 Å². The number of aryl methyl sites for hydroxylation is 1. The maximum absolute atomic E-state index is 12.8. The Morgan fingerprint density at radius 2 is 2.23 bits per heavy atom. The summed E-state index contributed by atoms with van der Waals surface area (Å²) in [4.78, 5) is 14.5. The number of nitrogens with zero attached hydrogens (tertiary/aromatic N) is 5. The molecule has 2 aromatic rings. The smallest absolute Gasteiger partial charge is 0.357 e. The quantitative estimate of drug-likeness (QED) is 0.521. The number of rotatable bonds is 6. The summed E-state index contributed by atoms with van der Waals surface area (Å²) in [5.41, 5.74) is -0.858. The zero-order valence-corrected chi connectivity index (χ0v) is 17.4. The first-order chi connectivity index (χ1) is 14.3. The number of alkyl halides is 3. The number of hydrogen-bond acceptors (Lipinski definition) is 6. The monoisotopic (exact) mass is 445 g/mol. The number of aromatic nitrogens is 3. The SMILES string of the molecule is CCNC(=NCCc1nc(C)no1)NC1CCN(c2ncc(C(F)(F)F)cc2Cl)C1. The number of pyridine rings is 1. The van der Waals surface area contributed by atoms with Gasteiger partial charge in [-0.25, -0.2) is 4.98 Å². The number of anilines is 1. The molecule has 0 bridgehead atoms. The molecule has 164 valence electrons. The summed E-state index contributed by atoms with van der Waals surface area (Å²) >= 11 is 6.07. The van der Waals surface area contributed by atoms with E-state index in [1.807, 2.05) is 11.8 Å². The first kappa shape index (κ1) is 22.1. The predicted molar refractivity (Wildman–Crippen MR) is 107 cm³/mol. The third kappa shape index (κ3) is 5.74. The number of halogens is 4. The molecule has 3 heterocycles. The molecule has 0 amide bonds. The van der Waals surface area contributed by atoms with Gasteiger partial charge in [-0.05, 0) is 26.3 Å². The molecular weight excluding hydrogens is 423 g/mol. The Kier molecular flexibility index (Phi) is 7.01. The van der Waals surface area contributed by atoms with Crippen LogP contribution in [0, 0.1) is 6.92 Å². The van der Waals surface area contributed by atoms with Gasteiger partial charge < -0.3 is 20.1 Å². The van der Waals surface area contributed by atoms with Crippen molar-refractivity contribution in [1.82, 2.24) is 25.8 Å². The second kappa shape index (κ2) is 9.50. The molecule has 8 nitrogen and oxygen atoms in total. The zero-order valence-electron chi connectivity index (χ0n) is 16.6. The van der Waals surface area contributed by atoms with Gasteiger partial charge in [0.15, 0.2) is 11.8 Å². The molecule has 3 rings (SSSR count). The van der Waals surface area contributed by atoms with Gasteiger partial charge in [-0.15, -0.1) is 0 Å². The lowest BCUT2D eigenvalue weighted by Crippen LogP contribution is -2.44. The molecule has 1 unspecified atom stereocenters. The molecule has 12 heteroatoms. The molecule has 0 radical (unpaired) electrons. The molecule has 0 aliphatic carbocycles. The highest BCUT2D eigenvalue weighted by molar-refractivity contribution is 6.33. The lowest BCUT2D eigenvalue weighted by molar-refractivity contribution is -0.137. The summed E-state index contributed by atoms with van der Waals surface area (Å²) in [6.45, 7) is 6.05. The van der Waals surface area contributed by atoms with Crippen molar-refractivity contribution in [2.75, 3.05) is 31.1 Å². The van der Waals surface area contributed by atoms with E-state index in [4.69, 9.17) is 16.1 Å². The highest BCUT2D eigenvalue weighted by Crippen LogP contribution is 2.34. The molecule has 1 fully saturated rings. The van der Waals surface area contributed by atoms with E-state index in [9.17, 15) is 13.2 Å². The van der Waals surface area contributed by atoms with Gasteiger partial charge in [0, 0.05) is 38.3 Å². The molecule has 1 aliphatic heterocycles. The fourth-order valence-corrected chi connectivity index (χ4v) is 3.39. The average Bonchev–Trinajstić information content (AvgIpc) is 3.30. The molecule has 0 spiro atoms. The van der Waals surface area contributed by atoms with Crippen LogP contribution < -0.4 is 15.5 Å². The molecule has 1 aliphatic rings. The van der Waals surface area contributed by atoms with Crippen LogP contribution in [0.1, 0.15) is 30.6 Å². The number of hydrogen-bond donors (Lipinski definition) is 2. The van der Waals surface area contributed by atoms with Gasteiger partial charge in [0.05, 0.1) is 17.1 Å². The van der Waals surface area contributed by atoms with E-state index in [0.29, 0.717) is 56.1 Å². The van der Waals surface area contributed by atoms with Crippen molar-refractivity contribution in [3.05, 3.63) is 34.6 Å². The third-order valence-electron chi connectivity index (χ3n) is 4.49. The van der Waals surface area contributed by atoms with Gasteiger partial charge in [-0.3, -0.25) is 4.99 Å². The van der Waals surface area contributed by atoms with Gasteiger partial charge in [-0.1, -0.05) is 16.8 Å². The van der Waals surface area contributed by atoms with E-state index >= 15 is 0 Å². The lowest BCUT2D eigenvalue weighted by atomic mass is 10.2. The van der Waals surface area contributed by atoms with Crippen LogP contribution in [0.4, 0.5) is 19.0 Å². The summed E-state index contributed by atoms with van der Waals surface area (Å²) < 4.78 is 43.5. The van der Waals surface area contributed by atoms with Crippen LogP contribution in [0.25, 0.3) is 0 Å². The van der Waals surface area contributed by atoms with Gasteiger partial charge in [0.25, 0.3) is 0 Å². The highest BCUT2D eigenvalue weighted by atomic mass is 35.5. The fourth-order valence-electron chi connectivity index (χ4n) is 3.11. The van der Waals surface area contributed by atoms with Crippen molar-refractivity contribution in [3.8, 4) is 0 Å². The van der Waals surface area contributed by atoms with Crippen LogP contribution >= 0.6 is 11.6 Å². The van der Waals surface area contributed by atoms with Gasteiger partial charge in [0.2, 0.25) is 5.89 Å². The Morgan fingerprint density at radius 1 is 1.43 bits per heavy atom. The van der Waals surface area contributed by atoms with Crippen LogP contribution in [-0.2, 0) is 12.6 Å². The fraction of sp³-hybridized carbons (Fsp3) is 0.556. The molecule has 0 aromatic carbocycles. The van der Waals surface area contributed by atoms with Crippen molar-refractivity contribution in [3.63, 3.8) is 0 Å². The van der Waals surface area contributed by atoms with Crippen molar-refractivity contribution >= 4 is 23.4 Å². The van der Waals surface area contributed by atoms with Crippen LogP contribution in [0.15, 0.2) is 21.8 Å². The minimum atomic E-state index is -4.47. The van der Waals surface area contributed by atoms with Gasteiger partial charge >= 0.3 is 6.18 Å². The Hall–Kier alpha value is -2.56. The van der Waals surface area contributed by atoms with Gasteiger partial charge in [-0.2, -0.15) is 18.2 Å². The van der Waals surface area contributed by atoms with E-state index in [-0.39, 0.29) is 11.1 Å². The largest absolute Gasteiger partial charge is 0.417 e. The van der Waals surface area contributed by atoms with E-state index in [2.05, 4.69) is 30.8 Å². The van der Waals surface area contributed by atoms with Gasteiger partial charge in [0.1, 0.15) is 5.82 Å². The zero-order chi connectivity index (χ0) is 21.7. The Labute approximate surface area is 176 Å². The molecule has 30 heavy (non-hydrogen) atoms. The lowest BCUT2D eigenvalue weighted by Gasteiger charge is -2.21. The number of guanidine groups is 1. The molecular formula is C18H23ClF3N7O. The standard InChI is InChI=1S/C18H23ClF3N7O/c1-3-23-17(24-6-4-15-26-11(2)28-30-15)27-13-5-7-29(10-13)16-14(19)8-12(9-25-16)18(20,21)22/h8-9,13H,3-7,10H2,1-2H3,(H2,23,24,27). The first-order valence-electron chi connectivity index (χ1n) is 9.58. The molecule has 1 atom stereocenters. The summed E-state index contributed by atoms with van der Waals surface area (Å²) in [7, 11) is 0. The number of nitrogens with one attached hydrogen (secondary N) is 2. The van der Waals surface area contributed by atoms with Crippen LogP contribution in [-0.4, -0.2) is 53.3 Å². The van der Waals surface area contributed by atoms with E-state index in [1.165, 1.54) is 0 Å². The summed E-state index contributed by atoms with van der Waals surface area (Å²) in [5, 5.41) is 10.3. The Balaban J connectivity index is 1.58. The van der Waals surface area contributed by atoms with Crippen LogP contribution in [0.3, 0.4) is 0 Å². The Morgan fingerprint density at radius 3 is 2.87 bits per heavy atom. The molecule has 0 saturated carbocycles. The first-order valence-corrected chi connectivity index (χ1v) is 9.95. The molecule has 2 N–H and O–H groups in total. The maximum atomic E-state index is 12.8. The van der Waals surface area contributed by atoms with E-state index in [0.717, 1.165) is 18.7 Å². The summed E-state index contributed by atoms with van der Waals surface area (Å²) in [6, 6.07) is 0.962. The molecule has 2 aromatic heterocycles. The third-order valence-corrected chi connectivity index (χ3v) is 4.77. The number of aliphatic imine (C=N–C) groups is 1. The normalized spacial score (nSPS) is 17.5. The second-order valence-corrected chi connectivity index (χ2v) is 7.26. The minimum Gasteiger partial charge on any atom is -0.357 e. The van der Waals surface area contributed by atoms with Crippen molar-refractivity contribution in [2.45, 2.75) is 38.9 Å². The average molecular weight is 446 g/mol. The topological polar surface area (TPSA) is 91.5 Å². The Bertz CT molecular complexity index is 887.